The van der Waals surface area contributed by atoms with E-state index < -0.39 is 5.60 Å². The molecular formula is C23H37NO2. The highest BCUT2D eigenvalue weighted by Crippen LogP contribution is 2.42. The Hall–Kier alpha value is -1.06. The average molecular weight is 360 g/mol. The van der Waals surface area contributed by atoms with E-state index in [9.17, 15) is 5.11 Å². The summed E-state index contributed by atoms with van der Waals surface area (Å²) >= 11 is 0. The molecule has 1 saturated heterocycles. The van der Waals surface area contributed by atoms with Gasteiger partial charge in [0.1, 0.15) is 5.75 Å². The summed E-state index contributed by atoms with van der Waals surface area (Å²) in [7, 11) is 0. The molecule has 3 nitrogen and oxygen atoms in total. The van der Waals surface area contributed by atoms with Crippen LogP contribution >= 0.6 is 0 Å². The van der Waals surface area contributed by atoms with Crippen LogP contribution in [0.25, 0.3) is 0 Å². The molecule has 0 spiro atoms. The maximum atomic E-state index is 11.8. The Balaban J connectivity index is 1.74. The first kappa shape index (κ1) is 19.7. The van der Waals surface area contributed by atoms with Crippen molar-refractivity contribution < 1.29 is 9.84 Å². The van der Waals surface area contributed by atoms with Crippen molar-refractivity contribution in [3.63, 3.8) is 0 Å². The lowest BCUT2D eigenvalue weighted by Crippen LogP contribution is -2.41. The second-order valence-electron chi connectivity index (χ2n) is 8.60. The third kappa shape index (κ3) is 5.01. The second-order valence-corrected chi connectivity index (χ2v) is 8.60. The monoisotopic (exact) mass is 359 g/mol. The molecule has 2 aliphatic rings. The predicted octanol–water partition coefficient (Wildman–Crippen LogP) is 5.12. The number of ether oxygens (including phenoxy) is 1. The molecule has 2 fully saturated rings. The summed E-state index contributed by atoms with van der Waals surface area (Å²) in [6.07, 6.45) is 11.1. The van der Waals surface area contributed by atoms with Crippen LogP contribution in [0.4, 0.5) is 0 Å². The molecule has 3 rings (SSSR count). The van der Waals surface area contributed by atoms with Crippen molar-refractivity contribution in [2.24, 2.45) is 5.92 Å². The molecule has 0 radical (unpaired) electrons. The second kappa shape index (κ2) is 9.23. The number of hydrogen-bond acceptors (Lipinski definition) is 3. The van der Waals surface area contributed by atoms with Gasteiger partial charge in [0, 0.05) is 6.54 Å². The molecular weight excluding hydrogens is 322 g/mol. The zero-order valence-corrected chi connectivity index (χ0v) is 16.8. The van der Waals surface area contributed by atoms with Crippen molar-refractivity contribution in [1.29, 1.82) is 0 Å². The summed E-state index contributed by atoms with van der Waals surface area (Å²) in [4.78, 5) is 2.55. The van der Waals surface area contributed by atoms with Gasteiger partial charge in [0.2, 0.25) is 0 Å². The van der Waals surface area contributed by atoms with Crippen LogP contribution < -0.4 is 4.74 Å². The quantitative estimate of drug-likeness (QED) is 0.733. The van der Waals surface area contributed by atoms with Crippen molar-refractivity contribution in [3.8, 4) is 5.75 Å². The van der Waals surface area contributed by atoms with E-state index in [0.717, 1.165) is 37.1 Å². The molecule has 1 unspecified atom stereocenters. The molecule has 1 atom stereocenters. The number of likely N-dealkylation sites (tertiary alicyclic amines) is 1. The molecule has 1 aliphatic heterocycles. The molecule has 1 saturated carbocycles. The van der Waals surface area contributed by atoms with Gasteiger partial charge in [0.25, 0.3) is 0 Å². The standard InChI is InChI=1S/C23H37NO2/c1-19(2)26-22-13-11-21(12-14-22)23(25,20-9-5-3-6-10-20)15-18-24-16-7-4-8-17-24/h11-14,19-20,25H,3-10,15-18H2,1-2H3. The highest BCUT2D eigenvalue weighted by molar-refractivity contribution is 5.31. The van der Waals surface area contributed by atoms with E-state index in [-0.39, 0.29) is 6.10 Å². The first-order valence-electron chi connectivity index (χ1n) is 10.8. The fourth-order valence-corrected chi connectivity index (χ4v) is 4.77. The molecule has 1 heterocycles. The first-order valence-corrected chi connectivity index (χ1v) is 10.8. The topological polar surface area (TPSA) is 32.7 Å². The van der Waals surface area contributed by atoms with Gasteiger partial charge in [0.05, 0.1) is 11.7 Å². The van der Waals surface area contributed by atoms with Gasteiger partial charge in [-0.25, -0.2) is 0 Å². The molecule has 0 amide bonds. The minimum absolute atomic E-state index is 0.178. The third-order valence-corrected chi connectivity index (χ3v) is 6.26. The highest BCUT2D eigenvalue weighted by atomic mass is 16.5. The Morgan fingerprint density at radius 2 is 1.62 bits per heavy atom. The minimum Gasteiger partial charge on any atom is -0.491 e. The van der Waals surface area contributed by atoms with Gasteiger partial charge in [0.15, 0.2) is 0 Å². The number of rotatable bonds is 7. The summed E-state index contributed by atoms with van der Waals surface area (Å²) in [5.41, 5.74) is 0.381. The predicted molar refractivity (Wildman–Crippen MR) is 108 cm³/mol. The van der Waals surface area contributed by atoms with Gasteiger partial charge in [-0.1, -0.05) is 37.8 Å². The minimum atomic E-state index is -0.700. The molecule has 0 bridgehead atoms. The SMILES string of the molecule is CC(C)Oc1ccc(C(O)(CCN2CCCCC2)C2CCCCC2)cc1. The molecule has 1 aromatic carbocycles. The smallest absolute Gasteiger partial charge is 0.119 e. The fourth-order valence-electron chi connectivity index (χ4n) is 4.77. The number of nitrogens with zero attached hydrogens (tertiary/aromatic N) is 1. The summed E-state index contributed by atoms with van der Waals surface area (Å²) in [6.45, 7) is 7.50. The maximum Gasteiger partial charge on any atom is 0.119 e. The van der Waals surface area contributed by atoms with Crippen LogP contribution in [-0.2, 0) is 5.60 Å². The van der Waals surface area contributed by atoms with Crippen LogP contribution in [0, 0.1) is 5.92 Å². The lowest BCUT2D eigenvalue weighted by atomic mass is 9.71. The zero-order valence-electron chi connectivity index (χ0n) is 16.8. The van der Waals surface area contributed by atoms with Crippen molar-refractivity contribution in [2.75, 3.05) is 19.6 Å². The number of hydrogen-bond donors (Lipinski definition) is 1. The van der Waals surface area contributed by atoms with E-state index >= 15 is 0 Å². The fraction of sp³-hybridized carbons (Fsp3) is 0.739. The van der Waals surface area contributed by atoms with E-state index in [0.29, 0.717) is 5.92 Å². The average Bonchev–Trinajstić information content (AvgIpc) is 2.68. The van der Waals surface area contributed by atoms with Gasteiger partial charge in [-0.3, -0.25) is 0 Å². The van der Waals surface area contributed by atoms with Gasteiger partial charge < -0.3 is 14.7 Å². The van der Waals surface area contributed by atoms with E-state index in [1.807, 2.05) is 26.0 Å². The first-order chi connectivity index (χ1) is 12.6. The molecule has 3 heteroatoms. The Kier molecular flexibility index (Phi) is 6.99. The summed E-state index contributed by atoms with van der Waals surface area (Å²) in [5.74, 6) is 1.28. The lowest BCUT2D eigenvalue weighted by Gasteiger charge is -2.41. The Morgan fingerprint density at radius 1 is 1.00 bits per heavy atom. The van der Waals surface area contributed by atoms with Crippen LogP contribution in [0.5, 0.6) is 5.75 Å². The lowest BCUT2D eigenvalue weighted by molar-refractivity contribution is -0.0529. The van der Waals surface area contributed by atoms with Crippen LogP contribution in [0.15, 0.2) is 24.3 Å². The molecule has 1 N–H and O–H groups in total. The molecule has 146 valence electrons. The maximum absolute atomic E-state index is 11.8. The highest BCUT2D eigenvalue weighted by Gasteiger charge is 2.39. The van der Waals surface area contributed by atoms with Crippen molar-refractivity contribution >= 4 is 0 Å². The molecule has 0 aromatic heterocycles. The van der Waals surface area contributed by atoms with Crippen LogP contribution in [0.2, 0.25) is 0 Å². The van der Waals surface area contributed by atoms with Gasteiger partial charge in [-0.05, 0) is 82.7 Å². The van der Waals surface area contributed by atoms with Crippen molar-refractivity contribution in [3.05, 3.63) is 29.8 Å². The summed E-state index contributed by atoms with van der Waals surface area (Å²) in [5, 5.41) is 11.8. The molecule has 26 heavy (non-hydrogen) atoms. The van der Waals surface area contributed by atoms with Crippen molar-refractivity contribution in [1.82, 2.24) is 4.90 Å². The van der Waals surface area contributed by atoms with Crippen LogP contribution in [0.1, 0.15) is 77.2 Å². The van der Waals surface area contributed by atoms with E-state index in [2.05, 4.69) is 17.0 Å². The Bertz CT molecular complexity index is 530. The van der Waals surface area contributed by atoms with Crippen molar-refractivity contribution in [2.45, 2.75) is 83.3 Å². The normalized spacial score (nSPS) is 22.3. The van der Waals surface area contributed by atoms with Gasteiger partial charge in [-0.15, -0.1) is 0 Å². The van der Waals surface area contributed by atoms with E-state index in [4.69, 9.17) is 4.74 Å². The number of benzene rings is 1. The largest absolute Gasteiger partial charge is 0.491 e. The van der Waals surface area contributed by atoms with Gasteiger partial charge >= 0.3 is 0 Å². The van der Waals surface area contributed by atoms with E-state index in [1.54, 1.807) is 0 Å². The molecule has 1 aliphatic carbocycles. The number of aliphatic hydroxyl groups is 1. The Labute approximate surface area is 159 Å². The van der Waals surface area contributed by atoms with Crippen LogP contribution in [0.3, 0.4) is 0 Å². The molecule has 1 aromatic rings. The number of piperidine rings is 1. The summed E-state index contributed by atoms with van der Waals surface area (Å²) in [6, 6.07) is 8.26. The van der Waals surface area contributed by atoms with Gasteiger partial charge in [-0.2, -0.15) is 0 Å². The zero-order chi connectivity index (χ0) is 18.4. The van der Waals surface area contributed by atoms with E-state index in [1.165, 1.54) is 51.6 Å². The third-order valence-electron chi connectivity index (χ3n) is 6.26. The summed E-state index contributed by atoms with van der Waals surface area (Å²) < 4.78 is 5.79. The Morgan fingerprint density at radius 3 is 2.23 bits per heavy atom. The van der Waals surface area contributed by atoms with Crippen LogP contribution in [-0.4, -0.2) is 35.7 Å².